The lowest BCUT2D eigenvalue weighted by Gasteiger charge is -2.39. The van der Waals surface area contributed by atoms with Crippen molar-refractivity contribution >= 4 is 11.7 Å². The first-order valence-corrected chi connectivity index (χ1v) is 9.69. The van der Waals surface area contributed by atoms with Gasteiger partial charge in [-0.05, 0) is 37.0 Å². The summed E-state index contributed by atoms with van der Waals surface area (Å²) in [6.45, 7) is 0.359. The van der Waals surface area contributed by atoms with Gasteiger partial charge in [0.2, 0.25) is 0 Å². The molecule has 1 aliphatic carbocycles. The second-order valence-corrected chi connectivity index (χ2v) is 7.66. The van der Waals surface area contributed by atoms with Crippen molar-refractivity contribution in [3.63, 3.8) is 0 Å². The van der Waals surface area contributed by atoms with Gasteiger partial charge in [-0.25, -0.2) is 9.37 Å². The molecule has 1 saturated carbocycles. The van der Waals surface area contributed by atoms with Gasteiger partial charge in [0, 0.05) is 37.4 Å². The van der Waals surface area contributed by atoms with E-state index in [2.05, 4.69) is 10.3 Å². The van der Waals surface area contributed by atoms with Crippen molar-refractivity contribution in [1.29, 1.82) is 0 Å². The zero-order valence-electron chi connectivity index (χ0n) is 15.9. The van der Waals surface area contributed by atoms with E-state index in [9.17, 15) is 27.2 Å². The smallest absolute Gasteiger partial charge is 0.350 e. The van der Waals surface area contributed by atoms with Crippen LogP contribution in [0.4, 0.5) is 23.4 Å². The summed E-state index contributed by atoms with van der Waals surface area (Å²) in [7, 11) is 0. The van der Waals surface area contributed by atoms with Gasteiger partial charge in [0.1, 0.15) is 5.82 Å². The van der Waals surface area contributed by atoms with E-state index in [1.165, 1.54) is 30.5 Å². The molecule has 2 aliphatic rings. The van der Waals surface area contributed by atoms with E-state index >= 15 is 0 Å². The molecule has 1 amide bonds. The Hall–Kier alpha value is -2.91. The highest BCUT2D eigenvalue weighted by Crippen LogP contribution is 2.34. The summed E-state index contributed by atoms with van der Waals surface area (Å²) in [6.07, 6.45) is 0.260. The van der Waals surface area contributed by atoms with Crippen LogP contribution in [0.15, 0.2) is 41.5 Å². The summed E-state index contributed by atoms with van der Waals surface area (Å²) in [4.78, 5) is 30.2. The number of piperidine rings is 1. The summed E-state index contributed by atoms with van der Waals surface area (Å²) in [5.41, 5.74) is 0.334. The largest absolute Gasteiger partial charge is 0.471 e. The van der Waals surface area contributed by atoms with Crippen LogP contribution in [-0.4, -0.2) is 40.8 Å². The third-order valence-electron chi connectivity index (χ3n) is 5.57. The molecular formula is C20H20F4N4O2. The van der Waals surface area contributed by atoms with Crippen LogP contribution in [0.1, 0.15) is 36.8 Å². The van der Waals surface area contributed by atoms with Crippen molar-refractivity contribution in [2.24, 2.45) is 0 Å². The van der Waals surface area contributed by atoms with Gasteiger partial charge in [0.05, 0.1) is 6.04 Å². The van der Waals surface area contributed by atoms with Crippen LogP contribution in [-0.2, 0) is 4.79 Å². The number of carbonyl (C=O) groups excluding carboxylic acids is 1. The molecule has 0 radical (unpaired) electrons. The van der Waals surface area contributed by atoms with Crippen LogP contribution < -0.4 is 15.8 Å². The van der Waals surface area contributed by atoms with E-state index < -0.39 is 29.9 Å². The molecule has 10 heteroatoms. The summed E-state index contributed by atoms with van der Waals surface area (Å²) in [5, 5.41) is 2.05. The van der Waals surface area contributed by atoms with Crippen molar-refractivity contribution in [2.45, 2.75) is 43.4 Å². The molecule has 2 unspecified atom stereocenters. The Bertz CT molecular complexity index is 986. The fourth-order valence-electron chi connectivity index (χ4n) is 3.92. The molecular weight excluding hydrogens is 404 g/mol. The number of anilines is 1. The number of aromatic nitrogens is 2. The van der Waals surface area contributed by atoms with Gasteiger partial charge in [-0.15, -0.1) is 0 Å². The van der Waals surface area contributed by atoms with E-state index in [0.717, 1.165) is 12.8 Å². The van der Waals surface area contributed by atoms with E-state index in [0.29, 0.717) is 18.5 Å². The lowest BCUT2D eigenvalue weighted by Crippen LogP contribution is -2.55. The number of halogens is 4. The van der Waals surface area contributed by atoms with Crippen LogP contribution in [0.25, 0.3) is 0 Å². The third kappa shape index (κ3) is 4.17. The van der Waals surface area contributed by atoms with Gasteiger partial charge >= 0.3 is 12.1 Å². The van der Waals surface area contributed by atoms with Gasteiger partial charge in [-0.1, -0.05) is 12.1 Å². The Morgan fingerprint density at radius 2 is 1.83 bits per heavy atom. The summed E-state index contributed by atoms with van der Waals surface area (Å²) in [6, 6.07) is 4.69. The highest BCUT2D eigenvalue weighted by Gasteiger charge is 2.42. The quantitative estimate of drug-likeness (QED) is 0.767. The Labute approximate surface area is 169 Å². The minimum Gasteiger partial charge on any atom is -0.350 e. The van der Waals surface area contributed by atoms with Crippen LogP contribution in [0.2, 0.25) is 0 Å². The number of hydrogen-bond acceptors (Lipinski definition) is 4. The predicted octanol–water partition coefficient (Wildman–Crippen LogP) is 2.76. The number of rotatable bonds is 4. The molecule has 1 N–H and O–H groups in total. The van der Waals surface area contributed by atoms with E-state index in [1.54, 1.807) is 15.7 Å². The first-order valence-electron chi connectivity index (χ1n) is 9.69. The molecule has 4 rings (SSSR count). The molecule has 1 aromatic heterocycles. The molecule has 1 saturated heterocycles. The summed E-state index contributed by atoms with van der Waals surface area (Å²) < 4.78 is 53.5. The highest BCUT2D eigenvalue weighted by molar-refractivity contribution is 5.82. The number of carbonyl (C=O) groups is 1. The van der Waals surface area contributed by atoms with Crippen LogP contribution in [0.3, 0.4) is 0 Å². The first kappa shape index (κ1) is 20.4. The minimum atomic E-state index is -5.03. The van der Waals surface area contributed by atoms with Crippen molar-refractivity contribution < 1.29 is 22.4 Å². The zero-order chi connectivity index (χ0) is 21.5. The summed E-state index contributed by atoms with van der Waals surface area (Å²) in [5.74, 6) is -2.80. The number of benzene rings is 1. The molecule has 160 valence electrons. The average Bonchev–Trinajstić information content (AvgIpc) is 3.53. The lowest BCUT2D eigenvalue weighted by atomic mass is 9.85. The van der Waals surface area contributed by atoms with Gasteiger partial charge in [-0.3, -0.25) is 9.59 Å². The maximum absolute atomic E-state index is 13.3. The summed E-state index contributed by atoms with van der Waals surface area (Å²) >= 11 is 0. The SMILES string of the molecule is O=C(NC1CN(c2nccn(C3CC3)c2=O)CCC1c1ccc(F)cc1)C(F)(F)F. The van der Waals surface area contributed by atoms with Crippen molar-refractivity contribution in [3.8, 4) is 0 Å². The molecule has 0 bridgehead atoms. The first-order chi connectivity index (χ1) is 14.2. The van der Waals surface area contributed by atoms with Crippen molar-refractivity contribution in [1.82, 2.24) is 14.9 Å². The molecule has 30 heavy (non-hydrogen) atoms. The van der Waals surface area contributed by atoms with Gasteiger partial charge in [0.15, 0.2) is 5.82 Å². The molecule has 1 aliphatic heterocycles. The second kappa shape index (κ2) is 7.73. The molecule has 6 nitrogen and oxygen atoms in total. The number of alkyl halides is 3. The van der Waals surface area contributed by atoms with Gasteiger partial charge in [0.25, 0.3) is 5.56 Å². The fraction of sp³-hybridized carbons (Fsp3) is 0.450. The van der Waals surface area contributed by atoms with Crippen molar-refractivity contribution in [3.05, 3.63) is 58.4 Å². The standard InChI is InChI=1S/C20H20F4N4O2/c21-13-3-1-12(2-4-13)15-7-9-27(11-16(15)26-19(30)20(22,23)24)17-18(29)28(10-8-25-17)14-5-6-14/h1-4,8,10,14-16H,5-7,9,11H2,(H,26,30). The Morgan fingerprint density at radius 3 is 2.47 bits per heavy atom. The van der Waals surface area contributed by atoms with Crippen LogP contribution in [0, 0.1) is 5.82 Å². The fourth-order valence-corrected chi connectivity index (χ4v) is 3.92. The van der Waals surface area contributed by atoms with E-state index in [4.69, 9.17) is 0 Å². The average molecular weight is 424 g/mol. The normalized spacial score (nSPS) is 22.1. The van der Waals surface area contributed by atoms with Gasteiger partial charge in [-0.2, -0.15) is 13.2 Å². The zero-order valence-corrected chi connectivity index (χ0v) is 15.9. The number of hydrogen-bond donors (Lipinski definition) is 1. The van der Waals surface area contributed by atoms with Crippen LogP contribution >= 0.6 is 0 Å². The molecule has 0 spiro atoms. The lowest BCUT2D eigenvalue weighted by molar-refractivity contribution is -0.174. The Kier molecular flexibility index (Phi) is 5.25. The van der Waals surface area contributed by atoms with E-state index in [1.807, 2.05) is 0 Å². The second-order valence-electron chi connectivity index (χ2n) is 7.66. The maximum Gasteiger partial charge on any atom is 0.471 e. The predicted molar refractivity (Wildman–Crippen MR) is 101 cm³/mol. The van der Waals surface area contributed by atoms with E-state index in [-0.39, 0.29) is 24.0 Å². The Morgan fingerprint density at radius 1 is 1.13 bits per heavy atom. The maximum atomic E-state index is 13.3. The van der Waals surface area contributed by atoms with Gasteiger partial charge < -0.3 is 14.8 Å². The van der Waals surface area contributed by atoms with Crippen molar-refractivity contribution in [2.75, 3.05) is 18.0 Å². The molecule has 2 heterocycles. The molecule has 2 fully saturated rings. The molecule has 2 atom stereocenters. The highest BCUT2D eigenvalue weighted by atomic mass is 19.4. The third-order valence-corrected chi connectivity index (χ3v) is 5.57. The topological polar surface area (TPSA) is 67.2 Å². The monoisotopic (exact) mass is 424 g/mol. The van der Waals surface area contributed by atoms with Crippen LogP contribution in [0.5, 0.6) is 0 Å². The number of amides is 1. The number of nitrogens with zero attached hydrogens (tertiary/aromatic N) is 3. The molecule has 2 aromatic rings. The minimum absolute atomic E-state index is 0.0131. The Balaban J connectivity index is 1.62. The molecule has 1 aromatic carbocycles. The number of nitrogens with one attached hydrogen (secondary N) is 1.